The number of hydrogen-bond donors (Lipinski definition) is 1. The zero-order valence-corrected chi connectivity index (χ0v) is 10.8. The van der Waals surface area contributed by atoms with Crippen LogP contribution in [0, 0.1) is 0 Å². The first-order valence-corrected chi connectivity index (χ1v) is 6.40. The van der Waals surface area contributed by atoms with Gasteiger partial charge in [0.05, 0.1) is 12.2 Å². The van der Waals surface area contributed by atoms with Crippen LogP contribution in [0.25, 0.3) is 0 Å². The molecule has 5 heteroatoms. The molecule has 0 aliphatic rings. The van der Waals surface area contributed by atoms with Crippen LogP contribution in [0.5, 0.6) is 0 Å². The van der Waals surface area contributed by atoms with Gasteiger partial charge in [0.15, 0.2) is 0 Å². The topological polar surface area (TPSA) is 43.8 Å². The Morgan fingerprint density at radius 1 is 1.67 bits per heavy atom. The third kappa shape index (κ3) is 2.30. The second-order valence-corrected chi connectivity index (χ2v) is 5.13. The van der Waals surface area contributed by atoms with Crippen LogP contribution in [0.2, 0.25) is 0 Å². The molecule has 1 atom stereocenters. The fourth-order valence-corrected chi connectivity index (χ4v) is 2.84. The van der Waals surface area contributed by atoms with Crippen molar-refractivity contribution >= 4 is 27.3 Å². The molecule has 80 valence electrons. The van der Waals surface area contributed by atoms with Gasteiger partial charge in [-0.1, -0.05) is 0 Å². The normalized spacial score (nSPS) is 13.0. The number of halogens is 1. The summed E-state index contributed by atoms with van der Waals surface area (Å²) in [5.41, 5.74) is 7.20. The van der Waals surface area contributed by atoms with Gasteiger partial charge in [-0.25, -0.2) is 0 Å². The number of rotatable bonds is 3. The smallest absolute Gasteiger partial charge is 0.0677 e. The molecule has 0 saturated heterocycles. The van der Waals surface area contributed by atoms with E-state index in [9.17, 15) is 0 Å². The molecule has 15 heavy (non-hydrogen) atoms. The molecule has 0 aliphatic heterocycles. The van der Waals surface area contributed by atoms with Crippen molar-refractivity contribution < 1.29 is 0 Å². The van der Waals surface area contributed by atoms with E-state index < -0.39 is 0 Å². The minimum atomic E-state index is -0.0680. The zero-order chi connectivity index (χ0) is 10.8. The van der Waals surface area contributed by atoms with Gasteiger partial charge in [0.2, 0.25) is 0 Å². The predicted octanol–water partition coefficient (Wildman–Crippen LogP) is 2.78. The predicted molar refractivity (Wildman–Crippen MR) is 66.0 cm³/mol. The lowest BCUT2D eigenvalue weighted by molar-refractivity contribution is 0.658. The molecule has 2 rings (SSSR count). The Kier molecular flexibility index (Phi) is 3.23. The van der Waals surface area contributed by atoms with Gasteiger partial charge < -0.3 is 5.73 Å². The minimum absolute atomic E-state index is 0.0680. The molecule has 0 fully saturated rings. The number of nitrogens with zero attached hydrogens (tertiary/aromatic N) is 2. The Morgan fingerprint density at radius 2 is 2.47 bits per heavy atom. The average Bonchev–Trinajstić information content (AvgIpc) is 2.84. The molecule has 2 aromatic heterocycles. The van der Waals surface area contributed by atoms with Gasteiger partial charge in [-0.05, 0) is 28.9 Å². The van der Waals surface area contributed by atoms with E-state index in [1.807, 2.05) is 22.5 Å². The monoisotopic (exact) mass is 285 g/mol. The number of aromatic nitrogens is 2. The van der Waals surface area contributed by atoms with Crippen molar-refractivity contribution in [3.8, 4) is 0 Å². The average molecular weight is 286 g/mol. The highest BCUT2D eigenvalue weighted by atomic mass is 79.9. The van der Waals surface area contributed by atoms with Gasteiger partial charge >= 0.3 is 0 Å². The van der Waals surface area contributed by atoms with Gasteiger partial charge in [0, 0.05) is 33.0 Å². The molecule has 1 unspecified atom stereocenters. The van der Waals surface area contributed by atoms with E-state index in [4.69, 9.17) is 5.73 Å². The van der Waals surface area contributed by atoms with Crippen LogP contribution in [0.3, 0.4) is 0 Å². The molecular weight excluding hydrogens is 274 g/mol. The third-order valence-electron chi connectivity index (χ3n) is 2.23. The lowest BCUT2D eigenvalue weighted by Gasteiger charge is -2.05. The summed E-state index contributed by atoms with van der Waals surface area (Å²) in [4.78, 5) is 1.15. The van der Waals surface area contributed by atoms with Crippen molar-refractivity contribution in [1.29, 1.82) is 0 Å². The molecule has 2 heterocycles. The van der Waals surface area contributed by atoms with Crippen LogP contribution in [0.4, 0.5) is 0 Å². The van der Waals surface area contributed by atoms with E-state index in [0.29, 0.717) is 0 Å². The van der Waals surface area contributed by atoms with Crippen molar-refractivity contribution in [2.75, 3.05) is 0 Å². The first-order valence-electron chi connectivity index (χ1n) is 4.72. The number of nitrogens with two attached hydrogens (primary N) is 1. The molecule has 2 N–H and O–H groups in total. The molecule has 0 saturated carbocycles. The Hall–Kier alpha value is -0.650. The van der Waals surface area contributed by atoms with E-state index >= 15 is 0 Å². The summed E-state index contributed by atoms with van der Waals surface area (Å²) in [5, 5.41) is 6.26. The minimum Gasteiger partial charge on any atom is -0.320 e. The third-order valence-corrected chi connectivity index (χ3v) is 4.01. The summed E-state index contributed by atoms with van der Waals surface area (Å²) in [6.45, 7) is 2.94. The summed E-state index contributed by atoms with van der Waals surface area (Å²) in [6.07, 6.45) is 3.83. The summed E-state index contributed by atoms with van der Waals surface area (Å²) in [7, 11) is 0. The SMILES string of the molecule is CCn1cc(C(N)c2cc(Br)cs2)cn1. The first kappa shape index (κ1) is 10.9. The molecule has 0 spiro atoms. The quantitative estimate of drug-likeness (QED) is 0.943. The zero-order valence-electron chi connectivity index (χ0n) is 8.35. The molecule has 0 radical (unpaired) electrons. The lowest BCUT2D eigenvalue weighted by atomic mass is 10.1. The van der Waals surface area contributed by atoms with Crippen molar-refractivity contribution in [3.63, 3.8) is 0 Å². The van der Waals surface area contributed by atoms with E-state index in [1.165, 1.54) is 0 Å². The van der Waals surface area contributed by atoms with Crippen molar-refractivity contribution in [1.82, 2.24) is 9.78 Å². The van der Waals surface area contributed by atoms with Crippen LogP contribution < -0.4 is 5.73 Å². The van der Waals surface area contributed by atoms with Crippen LogP contribution in [-0.4, -0.2) is 9.78 Å². The fourth-order valence-electron chi connectivity index (χ4n) is 1.37. The fraction of sp³-hybridized carbons (Fsp3) is 0.300. The summed E-state index contributed by atoms with van der Waals surface area (Å²) in [5.74, 6) is 0. The maximum atomic E-state index is 6.13. The highest BCUT2D eigenvalue weighted by molar-refractivity contribution is 9.10. The van der Waals surface area contributed by atoms with E-state index in [2.05, 4.69) is 34.0 Å². The van der Waals surface area contributed by atoms with Crippen LogP contribution in [0.15, 0.2) is 28.3 Å². The molecule has 0 aliphatic carbocycles. The maximum absolute atomic E-state index is 6.13. The molecule has 0 aromatic carbocycles. The Bertz CT molecular complexity index is 449. The van der Waals surface area contributed by atoms with E-state index in [0.717, 1.165) is 21.5 Å². The number of aryl methyl sites for hydroxylation is 1. The van der Waals surface area contributed by atoms with Gasteiger partial charge in [-0.2, -0.15) is 5.10 Å². The highest BCUT2D eigenvalue weighted by Crippen LogP contribution is 2.28. The van der Waals surface area contributed by atoms with E-state index in [1.54, 1.807) is 11.3 Å². The van der Waals surface area contributed by atoms with Gasteiger partial charge in [0.25, 0.3) is 0 Å². The van der Waals surface area contributed by atoms with Crippen LogP contribution in [-0.2, 0) is 6.54 Å². The van der Waals surface area contributed by atoms with Crippen molar-refractivity contribution in [2.24, 2.45) is 5.73 Å². The second kappa shape index (κ2) is 4.47. The van der Waals surface area contributed by atoms with Gasteiger partial charge in [-0.15, -0.1) is 11.3 Å². The summed E-state index contributed by atoms with van der Waals surface area (Å²) >= 11 is 5.09. The lowest BCUT2D eigenvalue weighted by Crippen LogP contribution is -2.09. The molecule has 3 nitrogen and oxygen atoms in total. The highest BCUT2D eigenvalue weighted by Gasteiger charge is 2.12. The van der Waals surface area contributed by atoms with Crippen molar-refractivity contribution in [2.45, 2.75) is 19.5 Å². The number of hydrogen-bond acceptors (Lipinski definition) is 3. The summed E-state index contributed by atoms with van der Waals surface area (Å²) < 4.78 is 2.97. The molecular formula is C10H12BrN3S. The Balaban J connectivity index is 2.23. The molecule has 2 aromatic rings. The second-order valence-electron chi connectivity index (χ2n) is 3.27. The van der Waals surface area contributed by atoms with Crippen molar-refractivity contribution in [3.05, 3.63) is 38.8 Å². The standard InChI is InChI=1S/C10H12BrN3S/c1-2-14-5-7(4-13-14)10(12)9-3-8(11)6-15-9/h3-6,10H,2,12H2,1H3. The van der Waals surface area contributed by atoms with Crippen LogP contribution in [0.1, 0.15) is 23.4 Å². The van der Waals surface area contributed by atoms with E-state index in [-0.39, 0.29) is 6.04 Å². The van der Waals surface area contributed by atoms with Gasteiger partial charge in [0.1, 0.15) is 0 Å². The van der Waals surface area contributed by atoms with Gasteiger partial charge in [-0.3, -0.25) is 4.68 Å². The molecule has 0 bridgehead atoms. The Labute approximate surface area is 101 Å². The Morgan fingerprint density at radius 3 is 3.00 bits per heavy atom. The largest absolute Gasteiger partial charge is 0.320 e. The van der Waals surface area contributed by atoms with Crippen LogP contribution >= 0.6 is 27.3 Å². The number of thiophene rings is 1. The molecule has 0 amide bonds. The maximum Gasteiger partial charge on any atom is 0.0677 e. The summed E-state index contributed by atoms with van der Waals surface area (Å²) in [6, 6.07) is 1.99. The first-order chi connectivity index (χ1) is 7.20.